The van der Waals surface area contributed by atoms with Crippen LogP contribution in [0.4, 0.5) is 16.4 Å². The molecule has 4 rings (SSSR count). The number of carbonyl (C=O) groups excluding carboxylic acids is 1. The number of aromatic nitrogens is 2. The first-order chi connectivity index (χ1) is 14.3. The molecule has 2 aliphatic heterocycles. The van der Waals surface area contributed by atoms with Gasteiger partial charge in [0.15, 0.2) is 0 Å². The number of rotatable bonds is 5. The Morgan fingerprint density at radius 1 is 1.00 bits per heavy atom. The SMILES string of the molecule is O=C(NCc1ccc(N2CCSCC2)cc1)NC1CCN(c2ncccn2)CC1. The molecule has 0 radical (unpaired) electrons. The summed E-state index contributed by atoms with van der Waals surface area (Å²) in [5.74, 6) is 3.16. The molecule has 0 spiro atoms. The molecule has 2 N–H and O–H groups in total. The standard InChI is InChI=1S/C21H28N6OS/c28-21(25-18-6-10-27(11-7-18)20-22-8-1-9-23-20)24-16-17-2-4-19(5-3-17)26-12-14-29-15-13-26/h1-5,8-9,18H,6-7,10-16H2,(H2,24,25,28). The summed E-state index contributed by atoms with van der Waals surface area (Å²) in [4.78, 5) is 25.5. The molecule has 2 amide bonds. The quantitative estimate of drug-likeness (QED) is 0.786. The summed E-state index contributed by atoms with van der Waals surface area (Å²) in [6.07, 6.45) is 5.32. The van der Waals surface area contributed by atoms with Crippen LogP contribution in [0, 0.1) is 0 Å². The lowest BCUT2D eigenvalue weighted by Gasteiger charge is -2.32. The number of benzene rings is 1. The van der Waals surface area contributed by atoms with E-state index in [-0.39, 0.29) is 12.1 Å². The predicted octanol–water partition coefficient (Wildman–Crippen LogP) is 2.50. The van der Waals surface area contributed by atoms with Gasteiger partial charge >= 0.3 is 6.03 Å². The normalized spacial score (nSPS) is 17.8. The van der Waals surface area contributed by atoms with Gasteiger partial charge in [0.05, 0.1) is 0 Å². The first-order valence-electron chi connectivity index (χ1n) is 10.3. The number of nitrogens with one attached hydrogen (secondary N) is 2. The van der Waals surface area contributed by atoms with E-state index in [0.717, 1.165) is 50.5 Å². The number of urea groups is 1. The van der Waals surface area contributed by atoms with Crippen LogP contribution in [0.5, 0.6) is 0 Å². The van der Waals surface area contributed by atoms with Crippen LogP contribution in [0.2, 0.25) is 0 Å². The molecular weight excluding hydrogens is 384 g/mol. The maximum atomic E-state index is 12.3. The van der Waals surface area contributed by atoms with Gasteiger partial charge in [-0.1, -0.05) is 12.1 Å². The molecule has 2 aromatic rings. The van der Waals surface area contributed by atoms with Gasteiger partial charge in [0.2, 0.25) is 5.95 Å². The number of hydrogen-bond acceptors (Lipinski definition) is 6. The minimum atomic E-state index is -0.100. The molecule has 0 saturated carbocycles. The largest absolute Gasteiger partial charge is 0.370 e. The zero-order chi connectivity index (χ0) is 19.9. The lowest BCUT2D eigenvalue weighted by molar-refractivity contribution is 0.234. The monoisotopic (exact) mass is 412 g/mol. The Morgan fingerprint density at radius 3 is 2.38 bits per heavy atom. The fourth-order valence-corrected chi connectivity index (χ4v) is 4.65. The van der Waals surface area contributed by atoms with E-state index in [1.807, 2.05) is 17.8 Å². The second-order valence-electron chi connectivity index (χ2n) is 7.40. The van der Waals surface area contributed by atoms with E-state index < -0.39 is 0 Å². The highest BCUT2D eigenvalue weighted by Gasteiger charge is 2.22. The van der Waals surface area contributed by atoms with Crippen LogP contribution < -0.4 is 20.4 Å². The van der Waals surface area contributed by atoms with E-state index in [4.69, 9.17) is 0 Å². The Morgan fingerprint density at radius 2 is 1.69 bits per heavy atom. The Hall–Kier alpha value is -2.48. The van der Waals surface area contributed by atoms with Crippen molar-refractivity contribution in [1.82, 2.24) is 20.6 Å². The van der Waals surface area contributed by atoms with Gasteiger partial charge in [0.1, 0.15) is 0 Å². The van der Waals surface area contributed by atoms with Gasteiger partial charge in [0.25, 0.3) is 0 Å². The molecule has 0 atom stereocenters. The first kappa shape index (κ1) is 19.8. The average Bonchev–Trinajstić information content (AvgIpc) is 2.80. The lowest BCUT2D eigenvalue weighted by Crippen LogP contribution is -2.48. The maximum Gasteiger partial charge on any atom is 0.315 e. The number of carbonyl (C=O) groups is 1. The van der Waals surface area contributed by atoms with Crippen molar-refractivity contribution in [2.75, 3.05) is 47.5 Å². The van der Waals surface area contributed by atoms with Crippen molar-refractivity contribution in [3.05, 3.63) is 48.3 Å². The van der Waals surface area contributed by atoms with Crippen LogP contribution in [0.3, 0.4) is 0 Å². The molecule has 29 heavy (non-hydrogen) atoms. The van der Waals surface area contributed by atoms with Crippen LogP contribution >= 0.6 is 11.8 Å². The van der Waals surface area contributed by atoms with Gasteiger partial charge in [0, 0.05) is 68.4 Å². The summed E-state index contributed by atoms with van der Waals surface area (Å²) in [7, 11) is 0. The van der Waals surface area contributed by atoms with E-state index in [1.54, 1.807) is 12.4 Å². The number of piperidine rings is 1. The van der Waals surface area contributed by atoms with Crippen LogP contribution in [-0.4, -0.2) is 59.7 Å². The third-order valence-corrected chi connectivity index (χ3v) is 6.37. The molecule has 8 heteroatoms. The summed E-state index contributed by atoms with van der Waals surface area (Å²) in [5.41, 5.74) is 2.39. The lowest BCUT2D eigenvalue weighted by atomic mass is 10.1. The molecule has 1 aromatic heterocycles. The predicted molar refractivity (Wildman–Crippen MR) is 119 cm³/mol. The number of amides is 2. The smallest absolute Gasteiger partial charge is 0.315 e. The number of anilines is 2. The Labute approximate surface area is 176 Å². The fourth-order valence-electron chi connectivity index (χ4n) is 3.74. The molecule has 0 unspecified atom stereocenters. The van der Waals surface area contributed by atoms with Gasteiger partial charge in [-0.2, -0.15) is 11.8 Å². The topological polar surface area (TPSA) is 73.4 Å². The molecule has 3 heterocycles. The third-order valence-electron chi connectivity index (χ3n) is 5.43. The maximum absolute atomic E-state index is 12.3. The van der Waals surface area contributed by atoms with Gasteiger partial charge in [-0.3, -0.25) is 0 Å². The van der Waals surface area contributed by atoms with Crippen molar-refractivity contribution in [2.45, 2.75) is 25.4 Å². The molecule has 2 saturated heterocycles. The van der Waals surface area contributed by atoms with Crippen molar-refractivity contribution in [3.63, 3.8) is 0 Å². The van der Waals surface area contributed by atoms with E-state index in [9.17, 15) is 4.79 Å². The van der Waals surface area contributed by atoms with Crippen LogP contribution in [0.25, 0.3) is 0 Å². The molecule has 2 fully saturated rings. The van der Waals surface area contributed by atoms with Crippen LogP contribution in [-0.2, 0) is 6.54 Å². The van der Waals surface area contributed by atoms with Gasteiger partial charge < -0.3 is 20.4 Å². The van der Waals surface area contributed by atoms with Crippen molar-refractivity contribution < 1.29 is 4.79 Å². The summed E-state index contributed by atoms with van der Waals surface area (Å²) in [6.45, 7) is 4.47. The summed E-state index contributed by atoms with van der Waals surface area (Å²) < 4.78 is 0. The Kier molecular flexibility index (Phi) is 6.71. The van der Waals surface area contributed by atoms with Crippen LogP contribution in [0.15, 0.2) is 42.7 Å². The fraction of sp³-hybridized carbons (Fsp3) is 0.476. The second kappa shape index (κ2) is 9.82. The zero-order valence-corrected chi connectivity index (χ0v) is 17.4. The third kappa shape index (κ3) is 5.53. The van der Waals surface area contributed by atoms with Crippen molar-refractivity contribution in [1.29, 1.82) is 0 Å². The van der Waals surface area contributed by atoms with Crippen molar-refractivity contribution in [3.8, 4) is 0 Å². The van der Waals surface area contributed by atoms with Crippen molar-refractivity contribution in [2.24, 2.45) is 0 Å². The highest BCUT2D eigenvalue weighted by molar-refractivity contribution is 7.99. The second-order valence-corrected chi connectivity index (χ2v) is 8.63. The Balaban J connectivity index is 1.18. The van der Waals surface area contributed by atoms with Crippen LogP contribution in [0.1, 0.15) is 18.4 Å². The van der Waals surface area contributed by atoms with E-state index in [0.29, 0.717) is 6.54 Å². The molecule has 0 aliphatic carbocycles. The summed E-state index contributed by atoms with van der Waals surface area (Å²) in [6, 6.07) is 10.4. The van der Waals surface area contributed by atoms with Gasteiger partial charge in [-0.15, -0.1) is 0 Å². The molecule has 154 valence electrons. The summed E-state index contributed by atoms with van der Waals surface area (Å²) >= 11 is 2.02. The zero-order valence-electron chi connectivity index (χ0n) is 16.6. The first-order valence-corrected chi connectivity index (χ1v) is 11.4. The van der Waals surface area contributed by atoms with E-state index in [1.165, 1.54) is 17.2 Å². The number of thioether (sulfide) groups is 1. The van der Waals surface area contributed by atoms with E-state index in [2.05, 4.69) is 54.7 Å². The van der Waals surface area contributed by atoms with Crippen molar-refractivity contribution >= 4 is 29.4 Å². The van der Waals surface area contributed by atoms with Gasteiger partial charge in [-0.25, -0.2) is 14.8 Å². The number of nitrogens with zero attached hydrogens (tertiary/aromatic N) is 4. The highest BCUT2D eigenvalue weighted by Crippen LogP contribution is 2.20. The molecular formula is C21H28N6OS. The molecule has 2 aliphatic rings. The molecule has 7 nitrogen and oxygen atoms in total. The van der Waals surface area contributed by atoms with E-state index >= 15 is 0 Å². The Bertz CT molecular complexity index is 774. The van der Waals surface area contributed by atoms with Gasteiger partial charge in [-0.05, 0) is 36.6 Å². The average molecular weight is 413 g/mol. The molecule has 0 bridgehead atoms. The molecule has 1 aromatic carbocycles. The minimum Gasteiger partial charge on any atom is -0.370 e. The minimum absolute atomic E-state index is 0.100. The summed E-state index contributed by atoms with van der Waals surface area (Å²) in [5, 5.41) is 6.08. The highest BCUT2D eigenvalue weighted by atomic mass is 32.2. The number of hydrogen-bond donors (Lipinski definition) is 2.